The van der Waals surface area contributed by atoms with E-state index >= 15 is 0 Å². The minimum absolute atomic E-state index is 0.164. The quantitative estimate of drug-likeness (QED) is 0.728. The van der Waals surface area contributed by atoms with E-state index in [1.165, 1.54) is 6.07 Å². The van der Waals surface area contributed by atoms with Crippen molar-refractivity contribution in [2.75, 3.05) is 6.61 Å². The highest BCUT2D eigenvalue weighted by atomic mass is 19.1. The van der Waals surface area contributed by atoms with Gasteiger partial charge < -0.3 is 10.4 Å². The molecule has 1 aromatic heterocycles. The number of nitrogens with one attached hydrogen (secondary N) is 2. The molecule has 0 radical (unpaired) electrons. The van der Waals surface area contributed by atoms with Crippen LogP contribution in [0.2, 0.25) is 0 Å². The Labute approximate surface area is 118 Å². The molecule has 0 fully saturated rings. The van der Waals surface area contributed by atoms with Crippen LogP contribution in [0.5, 0.6) is 0 Å². The SMILES string of the molecule is CCC(CCO)NCc1cn[nH]c1-c1ccccc1F. The summed E-state index contributed by atoms with van der Waals surface area (Å²) in [6, 6.07) is 6.90. The Kier molecular flexibility index (Phi) is 5.26. The first-order valence-electron chi connectivity index (χ1n) is 6.87. The number of aromatic nitrogens is 2. The van der Waals surface area contributed by atoms with E-state index in [2.05, 4.69) is 22.4 Å². The Bertz CT molecular complexity index is 541. The van der Waals surface area contributed by atoms with E-state index in [-0.39, 0.29) is 18.5 Å². The maximum absolute atomic E-state index is 13.8. The number of hydrogen-bond donors (Lipinski definition) is 3. The van der Waals surface area contributed by atoms with Gasteiger partial charge in [0.15, 0.2) is 0 Å². The first kappa shape index (κ1) is 14.7. The first-order chi connectivity index (χ1) is 9.76. The summed E-state index contributed by atoms with van der Waals surface area (Å²) in [5.41, 5.74) is 2.15. The number of aliphatic hydroxyl groups is 1. The molecule has 5 heteroatoms. The molecule has 2 aromatic rings. The number of halogens is 1. The van der Waals surface area contributed by atoms with Crippen LogP contribution >= 0.6 is 0 Å². The van der Waals surface area contributed by atoms with Crippen molar-refractivity contribution in [2.45, 2.75) is 32.4 Å². The van der Waals surface area contributed by atoms with Gasteiger partial charge in [0.1, 0.15) is 5.82 Å². The van der Waals surface area contributed by atoms with Crippen LogP contribution in [-0.2, 0) is 6.54 Å². The third-order valence-corrected chi connectivity index (χ3v) is 3.41. The molecule has 0 aliphatic rings. The van der Waals surface area contributed by atoms with Crippen LogP contribution in [0.25, 0.3) is 11.3 Å². The highest BCUT2D eigenvalue weighted by Gasteiger charge is 2.12. The number of aliphatic hydroxyl groups excluding tert-OH is 1. The van der Waals surface area contributed by atoms with Crippen molar-refractivity contribution < 1.29 is 9.50 Å². The highest BCUT2D eigenvalue weighted by molar-refractivity contribution is 5.63. The van der Waals surface area contributed by atoms with E-state index in [1.54, 1.807) is 24.4 Å². The molecule has 1 aromatic carbocycles. The molecule has 4 nitrogen and oxygen atoms in total. The lowest BCUT2D eigenvalue weighted by Gasteiger charge is -2.15. The number of benzene rings is 1. The Balaban J connectivity index is 2.11. The molecular weight excluding hydrogens is 257 g/mol. The molecule has 0 aliphatic heterocycles. The van der Waals surface area contributed by atoms with Gasteiger partial charge in [-0.2, -0.15) is 5.10 Å². The fraction of sp³-hybridized carbons (Fsp3) is 0.400. The van der Waals surface area contributed by atoms with Gasteiger partial charge in [0, 0.05) is 30.3 Å². The predicted octanol–water partition coefficient (Wildman–Crippen LogP) is 2.47. The molecule has 0 aliphatic carbocycles. The van der Waals surface area contributed by atoms with Gasteiger partial charge in [-0.15, -0.1) is 0 Å². The summed E-state index contributed by atoms with van der Waals surface area (Å²) in [6.45, 7) is 2.83. The molecule has 3 N–H and O–H groups in total. The molecule has 0 spiro atoms. The molecular formula is C15H20FN3O. The topological polar surface area (TPSA) is 60.9 Å². The number of nitrogens with zero attached hydrogens (tertiary/aromatic N) is 1. The summed E-state index contributed by atoms with van der Waals surface area (Å²) in [4.78, 5) is 0. The summed E-state index contributed by atoms with van der Waals surface area (Å²) in [6.07, 6.45) is 3.36. The second-order valence-corrected chi connectivity index (χ2v) is 4.75. The Morgan fingerprint density at radius 1 is 1.40 bits per heavy atom. The van der Waals surface area contributed by atoms with Gasteiger partial charge in [0.2, 0.25) is 0 Å². The molecule has 0 saturated heterocycles. The summed E-state index contributed by atoms with van der Waals surface area (Å²) >= 11 is 0. The molecule has 1 atom stereocenters. The summed E-state index contributed by atoms with van der Waals surface area (Å²) in [5, 5.41) is 19.2. The van der Waals surface area contributed by atoms with Gasteiger partial charge in [-0.05, 0) is 25.0 Å². The van der Waals surface area contributed by atoms with Crippen molar-refractivity contribution in [3.63, 3.8) is 0 Å². The maximum Gasteiger partial charge on any atom is 0.132 e. The van der Waals surface area contributed by atoms with Crippen molar-refractivity contribution in [2.24, 2.45) is 0 Å². The summed E-state index contributed by atoms with van der Waals surface area (Å²) in [5.74, 6) is -0.264. The van der Waals surface area contributed by atoms with Crippen molar-refractivity contribution in [1.82, 2.24) is 15.5 Å². The van der Waals surface area contributed by atoms with Crippen LogP contribution in [0.15, 0.2) is 30.5 Å². The van der Waals surface area contributed by atoms with Crippen molar-refractivity contribution in [3.05, 3.63) is 41.8 Å². The zero-order valence-corrected chi connectivity index (χ0v) is 11.6. The average molecular weight is 277 g/mol. The second kappa shape index (κ2) is 7.17. The summed E-state index contributed by atoms with van der Waals surface area (Å²) in [7, 11) is 0. The molecule has 2 rings (SSSR count). The van der Waals surface area contributed by atoms with E-state index in [1.807, 2.05) is 0 Å². The smallest absolute Gasteiger partial charge is 0.132 e. The second-order valence-electron chi connectivity index (χ2n) is 4.75. The maximum atomic E-state index is 13.8. The summed E-state index contributed by atoms with van der Waals surface area (Å²) < 4.78 is 13.8. The van der Waals surface area contributed by atoms with Crippen LogP contribution in [0.1, 0.15) is 25.3 Å². The van der Waals surface area contributed by atoms with E-state index < -0.39 is 0 Å². The third kappa shape index (κ3) is 3.43. The molecule has 0 bridgehead atoms. The predicted molar refractivity (Wildman–Crippen MR) is 76.6 cm³/mol. The molecule has 1 unspecified atom stereocenters. The zero-order valence-electron chi connectivity index (χ0n) is 11.6. The lowest BCUT2D eigenvalue weighted by atomic mass is 10.1. The molecule has 20 heavy (non-hydrogen) atoms. The Morgan fingerprint density at radius 2 is 2.20 bits per heavy atom. The van der Waals surface area contributed by atoms with Gasteiger partial charge in [0.05, 0.1) is 11.9 Å². The van der Waals surface area contributed by atoms with Crippen molar-refractivity contribution in [3.8, 4) is 11.3 Å². The largest absolute Gasteiger partial charge is 0.396 e. The number of H-pyrrole nitrogens is 1. The molecule has 108 valence electrons. The van der Waals surface area contributed by atoms with Crippen LogP contribution in [0, 0.1) is 5.82 Å². The fourth-order valence-electron chi connectivity index (χ4n) is 2.20. The monoisotopic (exact) mass is 277 g/mol. The average Bonchev–Trinajstić information content (AvgIpc) is 2.92. The van der Waals surface area contributed by atoms with E-state index in [0.717, 1.165) is 12.0 Å². The van der Waals surface area contributed by atoms with Gasteiger partial charge in [0.25, 0.3) is 0 Å². The molecule has 1 heterocycles. The van der Waals surface area contributed by atoms with E-state index in [4.69, 9.17) is 5.11 Å². The Hall–Kier alpha value is -1.72. The van der Waals surface area contributed by atoms with Crippen LogP contribution in [-0.4, -0.2) is 28.0 Å². The van der Waals surface area contributed by atoms with Gasteiger partial charge in [-0.25, -0.2) is 4.39 Å². The molecule has 0 amide bonds. The lowest BCUT2D eigenvalue weighted by molar-refractivity contribution is 0.262. The normalized spacial score (nSPS) is 12.6. The number of rotatable bonds is 7. The minimum Gasteiger partial charge on any atom is -0.396 e. The third-order valence-electron chi connectivity index (χ3n) is 3.41. The number of hydrogen-bond acceptors (Lipinski definition) is 3. The standard InChI is InChI=1S/C15H20FN3O/c1-2-12(7-8-20)17-9-11-10-18-19-15(11)13-5-3-4-6-14(13)16/h3-6,10,12,17,20H,2,7-9H2,1H3,(H,18,19). The van der Waals surface area contributed by atoms with Crippen molar-refractivity contribution >= 4 is 0 Å². The van der Waals surface area contributed by atoms with Gasteiger partial charge in [-0.1, -0.05) is 19.1 Å². The lowest BCUT2D eigenvalue weighted by Crippen LogP contribution is -2.28. The zero-order chi connectivity index (χ0) is 14.4. The highest BCUT2D eigenvalue weighted by Crippen LogP contribution is 2.23. The fourth-order valence-corrected chi connectivity index (χ4v) is 2.20. The number of aromatic amines is 1. The molecule has 0 saturated carbocycles. The van der Waals surface area contributed by atoms with Gasteiger partial charge in [-0.3, -0.25) is 5.10 Å². The van der Waals surface area contributed by atoms with Crippen molar-refractivity contribution in [1.29, 1.82) is 0 Å². The first-order valence-corrected chi connectivity index (χ1v) is 6.87. The van der Waals surface area contributed by atoms with E-state index in [9.17, 15) is 4.39 Å². The van der Waals surface area contributed by atoms with Crippen LogP contribution < -0.4 is 5.32 Å². The Morgan fingerprint density at radius 3 is 2.90 bits per heavy atom. The van der Waals surface area contributed by atoms with Gasteiger partial charge >= 0.3 is 0 Å². The van der Waals surface area contributed by atoms with Crippen LogP contribution in [0.3, 0.4) is 0 Å². The van der Waals surface area contributed by atoms with Crippen LogP contribution in [0.4, 0.5) is 4.39 Å². The van der Waals surface area contributed by atoms with E-state index in [0.29, 0.717) is 24.2 Å². The minimum atomic E-state index is -0.264.